The van der Waals surface area contributed by atoms with Crippen LogP contribution < -0.4 is 4.90 Å². The molecule has 1 aromatic rings. The zero-order chi connectivity index (χ0) is 16.0. The van der Waals surface area contributed by atoms with Gasteiger partial charge in [0.2, 0.25) is 0 Å². The average molecular weight is 356 g/mol. The van der Waals surface area contributed by atoms with Gasteiger partial charge >= 0.3 is 5.97 Å². The van der Waals surface area contributed by atoms with E-state index in [9.17, 15) is 9.90 Å². The lowest BCUT2D eigenvalue weighted by Crippen LogP contribution is -2.29. The first kappa shape index (κ1) is 18.0. The highest BCUT2D eigenvalue weighted by molar-refractivity contribution is 9.10. The summed E-state index contributed by atoms with van der Waals surface area (Å²) in [6.07, 6.45) is 2.13. The fourth-order valence-corrected chi connectivity index (χ4v) is 2.50. The van der Waals surface area contributed by atoms with Crippen LogP contribution in [0.5, 0.6) is 0 Å². The molecule has 0 spiro atoms. The van der Waals surface area contributed by atoms with Gasteiger partial charge in [-0.3, -0.25) is 0 Å². The van der Waals surface area contributed by atoms with Gasteiger partial charge in [0, 0.05) is 17.6 Å². The lowest BCUT2D eigenvalue weighted by atomic mass is 10.1. The van der Waals surface area contributed by atoms with E-state index in [4.69, 9.17) is 0 Å². The molecule has 0 aliphatic heterocycles. The Morgan fingerprint density at radius 2 is 1.67 bits per heavy atom. The molecule has 118 valence electrons. The summed E-state index contributed by atoms with van der Waals surface area (Å²) < 4.78 is 0.802. The molecule has 0 aliphatic carbocycles. The van der Waals surface area contributed by atoms with Crippen molar-refractivity contribution in [3.05, 3.63) is 28.2 Å². The minimum atomic E-state index is -0.870. The van der Waals surface area contributed by atoms with Crippen LogP contribution >= 0.6 is 15.9 Å². The number of rotatable bonds is 8. The Labute approximate surface area is 136 Å². The molecule has 1 rings (SSSR count). The lowest BCUT2D eigenvalue weighted by Gasteiger charge is -2.28. The molecular formula is C17H26BrNO2. The summed E-state index contributed by atoms with van der Waals surface area (Å²) in [5.41, 5.74) is 1.20. The zero-order valence-corrected chi connectivity index (χ0v) is 15.0. The van der Waals surface area contributed by atoms with Crippen LogP contribution in [0.3, 0.4) is 0 Å². The molecule has 0 amide bonds. The molecule has 1 aromatic carbocycles. The van der Waals surface area contributed by atoms with E-state index >= 15 is 0 Å². The van der Waals surface area contributed by atoms with Crippen molar-refractivity contribution in [1.29, 1.82) is 0 Å². The Balaban J connectivity index is 3.02. The van der Waals surface area contributed by atoms with Crippen LogP contribution in [0, 0.1) is 11.8 Å². The van der Waals surface area contributed by atoms with E-state index in [-0.39, 0.29) is 0 Å². The Kier molecular flexibility index (Phi) is 7.23. The minimum Gasteiger partial charge on any atom is -0.478 e. The molecule has 0 atom stereocenters. The summed E-state index contributed by atoms with van der Waals surface area (Å²) in [7, 11) is 0. The molecule has 0 aliphatic rings. The zero-order valence-electron chi connectivity index (χ0n) is 13.4. The van der Waals surface area contributed by atoms with Gasteiger partial charge in [-0.1, -0.05) is 43.6 Å². The summed E-state index contributed by atoms with van der Waals surface area (Å²) in [5.74, 6) is 0.343. The number of carboxylic acids is 1. The second-order valence-corrected chi connectivity index (χ2v) is 7.23. The van der Waals surface area contributed by atoms with Gasteiger partial charge in [-0.15, -0.1) is 0 Å². The molecule has 0 heterocycles. The standard InChI is InChI=1S/C17H26BrNO2/c1-12(2)7-9-19(10-8-13(3)4)16-6-5-14(18)11-15(16)17(20)21/h5-6,11-13H,7-10H2,1-4H3,(H,20,21). The average Bonchev–Trinajstić information content (AvgIpc) is 2.38. The van der Waals surface area contributed by atoms with E-state index in [2.05, 4.69) is 48.5 Å². The maximum absolute atomic E-state index is 11.5. The van der Waals surface area contributed by atoms with E-state index in [1.54, 1.807) is 6.07 Å². The second kappa shape index (κ2) is 8.42. The van der Waals surface area contributed by atoms with Crippen LogP contribution in [-0.2, 0) is 0 Å². The first-order valence-electron chi connectivity index (χ1n) is 7.59. The molecule has 21 heavy (non-hydrogen) atoms. The van der Waals surface area contributed by atoms with Crippen molar-refractivity contribution in [3.8, 4) is 0 Å². The third-order valence-electron chi connectivity index (χ3n) is 3.48. The topological polar surface area (TPSA) is 40.5 Å². The largest absolute Gasteiger partial charge is 0.478 e. The highest BCUT2D eigenvalue weighted by Crippen LogP contribution is 2.26. The minimum absolute atomic E-state index is 0.372. The van der Waals surface area contributed by atoms with Crippen LogP contribution in [0.2, 0.25) is 0 Å². The smallest absolute Gasteiger partial charge is 0.337 e. The van der Waals surface area contributed by atoms with E-state index in [1.807, 2.05) is 12.1 Å². The molecule has 0 unspecified atom stereocenters. The lowest BCUT2D eigenvalue weighted by molar-refractivity contribution is 0.0697. The van der Waals surface area contributed by atoms with E-state index in [1.165, 1.54) is 0 Å². The Bertz CT molecular complexity index is 460. The normalized spacial score (nSPS) is 11.2. The molecule has 0 fully saturated rings. The number of carboxylic acid groups (broad SMARTS) is 1. The Morgan fingerprint density at radius 1 is 1.14 bits per heavy atom. The summed E-state index contributed by atoms with van der Waals surface area (Å²) in [6, 6.07) is 5.52. The van der Waals surface area contributed by atoms with Crippen molar-refractivity contribution in [2.45, 2.75) is 40.5 Å². The third kappa shape index (κ3) is 6.08. The quantitative estimate of drug-likeness (QED) is 0.709. The predicted molar refractivity (Wildman–Crippen MR) is 92.2 cm³/mol. The maximum Gasteiger partial charge on any atom is 0.337 e. The Hall–Kier alpha value is -1.03. The molecule has 1 N–H and O–H groups in total. The van der Waals surface area contributed by atoms with E-state index < -0.39 is 5.97 Å². The number of aromatic carboxylic acids is 1. The third-order valence-corrected chi connectivity index (χ3v) is 3.98. The number of benzene rings is 1. The van der Waals surface area contributed by atoms with Crippen molar-refractivity contribution in [3.63, 3.8) is 0 Å². The first-order chi connectivity index (χ1) is 9.81. The number of hydrogen-bond donors (Lipinski definition) is 1. The highest BCUT2D eigenvalue weighted by atomic mass is 79.9. The molecule has 0 radical (unpaired) electrons. The fraction of sp³-hybridized carbons (Fsp3) is 0.588. The molecule has 0 saturated heterocycles. The van der Waals surface area contributed by atoms with E-state index in [0.717, 1.165) is 36.1 Å². The molecule has 3 nitrogen and oxygen atoms in total. The molecular weight excluding hydrogens is 330 g/mol. The monoisotopic (exact) mass is 355 g/mol. The van der Waals surface area contributed by atoms with Crippen LogP contribution in [0.15, 0.2) is 22.7 Å². The van der Waals surface area contributed by atoms with Crippen LogP contribution in [0.1, 0.15) is 50.9 Å². The first-order valence-corrected chi connectivity index (χ1v) is 8.38. The van der Waals surface area contributed by atoms with Gasteiger partial charge in [-0.25, -0.2) is 4.79 Å². The van der Waals surface area contributed by atoms with Crippen molar-refractivity contribution in [2.75, 3.05) is 18.0 Å². The SMILES string of the molecule is CC(C)CCN(CCC(C)C)c1ccc(Br)cc1C(=O)O. The number of anilines is 1. The fourth-order valence-electron chi connectivity index (χ4n) is 2.14. The van der Waals surface area contributed by atoms with Crippen molar-refractivity contribution in [2.24, 2.45) is 11.8 Å². The summed E-state index contributed by atoms with van der Waals surface area (Å²) in [6.45, 7) is 10.6. The van der Waals surface area contributed by atoms with Gasteiger partial charge in [0.25, 0.3) is 0 Å². The molecule has 4 heteroatoms. The van der Waals surface area contributed by atoms with Crippen LogP contribution in [0.25, 0.3) is 0 Å². The Morgan fingerprint density at radius 3 is 2.10 bits per heavy atom. The van der Waals surface area contributed by atoms with Crippen molar-refractivity contribution >= 4 is 27.6 Å². The van der Waals surface area contributed by atoms with E-state index in [0.29, 0.717) is 17.4 Å². The second-order valence-electron chi connectivity index (χ2n) is 6.32. The van der Waals surface area contributed by atoms with Gasteiger partial charge in [0.05, 0.1) is 11.3 Å². The molecule has 0 aromatic heterocycles. The number of hydrogen-bond acceptors (Lipinski definition) is 2. The van der Waals surface area contributed by atoms with Gasteiger partial charge in [-0.2, -0.15) is 0 Å². The number of halogens is 1. The predicted octanol–water partition coefficient (Wildman–Crippen LogP) is 5.05. The number of carbonyl (C=O) groups is 1. The highest BCUT2D eigenvalue weighted by Gasteiger charge is 2.17. The number of nitrogens with zero attached hydrogens (tertiary/aromatic N) is 1. The summed E-state index contributed by atoms with van der Waals surface area (Å²) >= 11 is 3.36. The van der Waals surface area contributed by atoms with Crippen molar-refractivity contribution < 1.29 is 9.90 Å². The van der Waals surface area contributed by atoms with Crippen LogP contribution in [0.4, 0.5) is 5.69 Å². The van der Waals surface area contributed by atoms with Gasteiger partial charge < -0.3 is 10.0 Å². The van der Waals surface area contributed by atoms with Gasteiger partial charge in [0.1, 0.15) is 0 Å². The molecule has 0 bridgehead atoms. The summed E-state index contributed by atoms with van der Waals surface area (Å²) in [5, 5.41) is 9.45. The van der Waals surface area contributed by atoms with Crippen LogP contribution in [-0.4, -0.2) is 24.2 Å². The summed E-state index contributed by atoms with van der Waals surface area (Å²) in [4.78, 5) is 13.7. The van der Waals surface area contributed by atoms with Crippen molar-refractivity contribution in [1.82, 2.24) is 0 Å². The van der Waals surface area contributed by atoms with Gasteiger partial charge in [0.15, 0.2) is 0 Å². The van der Waals surface area contributed by atoms with Gasteiger partial charge in [-0.05, 0) is 42.9 Å². The maximum atomic E-state index is 11.5. The molecule has 0 saturated carbocycles.